The van der Waals surface area contributed by atoms with E-state index in [9.17, 15) is 10.2 Å². The number of rotatable bonds is 10. The van der Waals surface area contributed by atoms with Gasteiger partial charge in [0.1, 0.15) is 34.2 Å². The number of fused-ring (bicyclic) bond motifs is 4. The Labute approximate surface area is 388 Å². The zero-order valence-electron chi connectivity index (χ0n) is 39.8. The van der Waals surface area contributed by atoms with Crippen LogP contribution in [0.15, 0.2) is 84.9 Å². The molecule has 6 aromatic carbocycles. The van der Waals surface area contributed by atoms with E-state index in [4.69, 9.17) is 9.47 Å². The molecule has 4 nitrogen and oxygen atoms in total. The van der Waals surface area contributed by atoms with Crippen molar-refractivity contribution in [1.82, 2.24) is 0 Å². The second kappa shape index (κ2) is 17.4. The molecule has 4 aliphatic rings. The lowest BCUT2D eigenvalue weighted by Crippen LogP contribution is -2.41. The number of phenols is 2. The van der Waals surface area contributed by atoms with E-state index in [0.29, 0.717) is 17.9 Å². The van der Waals surface area contributed by atoms with Gasteiger partial charge in [0.05, 0.1) is 0 Å². The van der Waals surface area contributed by atoms with Crippen molar-refractivity contribution in [2.45, 2.75) is 162 Å². The summed E-state index contributed by atoms with van der Waals surface area (Å²) in [5.41, 5.74) is 20.6. The molecule has 10 rings (SSSR count). The molecule has 6 aromatic rings. The summed E-state index contributed by atoms with van der Waals surface area (Å²) >= 11 is 0. The molecule has 0 radical (unpaired) electrons. The van der Waals surface area contributed by atoms with Gasteiger partial charge in [0.2, 0.25) is 0 Å². The molecular formula is C61H68O4. The monoisotopic (exact) mass is 865 g/mol. The summed E-state index contributed by atoms with van der Waals surface area (Å²) in [6.07, 6.45) is 19.1. The third-order valence-electron chi connectivity index (χ3n) is 15.0. The van der Waals surface area contributed by atoms with Gasteiger partial charge in [-0.25, -0.2) is 0 Å². The van der Waals surface area contributed by atoms with E-state index < -0.39 is 11.2 Å². The maximum Gasteiger partial charge on any atom is 0.131 e. The van der Waals surface area contributed by atoms with Gasteiger partial charge in [0.25, 0.3) is 0 Å². The van der Waals surface area contributed by atoms with E-state index in [0.717, 1.165) is 107 Å². The number of hydrogen-bond donors (Lipinski definition) is 2. The Morgan fingerprint density at radius 3 is 1.06 bits per heavy atom. The van der Waals surface area contributed by atoms with Gasteiger partial charge in [-0.3, -0.25) is 0 Å². The van der Waals surface area contributed by atoms with Gasteiger partial charge in [0.15, 0.2) is 0 Å². The molecule has 0 saturated carbocycles. The predicted molar refractivity (Wildman–Crippen MR) is 268 cm³/mol. The Balaban J connectivity index is 0.955. The van der Waals surface area contributed by atoms with Crippen molar-refractivity contribution >= 4 is 0 Å². The Bertz CT molecular complexity index is 2540. The van der Waals surface area contributed by atoms with Crippen molar-refractivity contribution in [3.63, 3.8) is 0 Å². The average Bonchev–Trinajstić information content (AvgIpc) is 3.28. The summed E-state index contributed by atoms with van der Waals surface area (Å²) in [5, 5.41) is 24.9. The molecule has 0 atom stereocenters. The summed E-state index contributed by atoms with van der Waals surface area (Å²) in [4.78, 5) is 0. The van der Waals surface area contributed by atoms with Crippen LogP contribution >= 0.6 is 0 Å². The van der Waals surface area contributed by atoms with Crippen molar-refractivity contribution in [2.24, 2.45) is 0 Å². The molecule has 0 heterocycles. The van der Waals surface area contributed by atoms with Crippen LogP contribution in [0.5, 0.6) is 23.0 Å². The summed E-state index contributed by atoms with van der Waals surface area (Å²) in [6.45, 7) is 12.8. The van der Waals surface area contributed by atoms with Crippen molar-refractivity contribution in [3.8, 4) is 67.5 Å². The van der Waals surface area contributed by atoms with E-state index in [1.807, 2.05) is 36.4 Å². The Morgan fingerprint density at radius 1 is 0.400 bits per heavy atom. The Hall–Kier alpha value is -5.48. The number of ether oxygens (including phenoxy) is 2. The first kappa shape index (κ1) is 43.4. The van der Waals surface area contributed by atoms with Gasteiger partial charge in [-0.2, -0.15) is 0 Å². The van der Waals surface area contributed by atoms with Gasteiger partial charge >= 0.3 is 0 Å². The lowest BCUT2D eigenvalue weighted by Gasteiger charge is -2.36. The van der Waals surface area contributed by atoms with Crippen LogP contribution in [0.25, 0.3) is 44.5 Å². The molecule has 0 unspecified atom stereocenters. The molecule has 4 heteroatoms. The number of aromatic hydroxyl groups is 2. The third-order valence-corrected chi connectivity index (χ3v) is 15.0. The minimum Gasteiger partial charge on any atom is -0.507 e. The smallest absolute Gasteiger partial charge is 0.131 e. The van der Waals surface area contributed by atoms with Gasteiger partial charge in [-0.05, 0) is 247 Å². The number of para-hydroxylation sites is 2. The zero-order chi connectivity index (χ0) is 45.0. The van der Waals surface area contributed by atoms with Crippen LogP contribution in [-0.4, -0.2) is 21.4 Å². The van der Waals surface area contributed by atoms with Crippen LogP contribution in [-0.2, 0) is 51.4 Å². The fourth-order valence-electron chi connectivity index (χ4n) is 12.5. The van der Waals surface area contributed by atoms with Crippen molar-refractivity contribution in [3.05, 3.63) is 141 Å². The second-order valence-electron chi connectivity index (χ2n) is 21.2. The Kier molecular flexibility index (Phi) is 11.6. The maximum absolute atomic E-state index is 12.4. The summed E-state index contributed by atoms with van der Waals surface area (Å²) in [5.74, 6) is 2.15. The highest BCUT2D eigenvalue weighted by molar-refractivity contribution is 5.90. The van der Waals surface area contributed by atoms with Crippen LogP contribution < -0.4 is 9.47 Å². The quantitative estimate of drug-likeness (QED) is 0.144. The second-order valence-corrected chi connectivity index (χ2v) is 21.2. The van der Waals surface area contributed by atoms with Crippen LogP contribution in [0.4, 0.5) is 0 Å². The van der Waals surface area contributed by atoms with E-state index in [1.165, 1.54) is 107 Å². The van der Waals surface area contributed by atoms with Crippen molar-refractivity contribution < 1.29 is 19.7 Å². The molecule has 2 N–H and O–H groups in total. The molecule has 0 spiro atoms. The predicted octanol–water partition coefficient (Wildman–Crippen LogP) is 15.3. The minimum atomic E-state index is -0.654. The SMILES string of the molecule is Cc1cc(-c2ccccc2OC(C)(C)CC(C)(C)Oc2ccccc2-c2cc(C)cc(-c3c4c(cc5c3CCCC5)CCCC4)c2O)c(O)c(-c2c3c(cc4c2CCCC4)CCCC3)c1. The van der Waals surface area contributed by atoms with Gasteiger partial charge in [-0.1, -0.05) is 48.5 Å². The topological polar surface area (TPSA) is 58.9 Å². The van der Waals surface area contributed by atoms with E-state index in [-0.39, 0.29) is 0 Å². The largest absolute Gasteiger partial charge is 0.507 e. The van der Waals surface area contributed by atoms with Crippen LogP contribution in [0, 0.1) is 13.8 Å². The van der Waals surface area contributed by atoms with Crippen molar-refractivity contribution in [1.29, 1.82) is 0 Å². The molecule has 0 amide bonds. The third kappa shape index (κ3) is 8.47. The molecule has 65 heavy (non-hydrogen) atoms. The first-order valence-corrected chi connectivity index (χ1v) is 24.9. The fraction of sp³-hybridized carbons (Fsp3) is 0.410. The highest BCUT2D eigenvalue weighted by Crippen LogP contribution is 2.50. The van der Waals surface area contributed by atoms with E-state index in [1.54, 1.807) is 0 Å². The molecular weight excluding hydrogens is 797 g/mol. The standard InChI is InChI=1S/C61H68O4/c1-38-31-50(58(62)52(33-38)56-44-23-11-7-19-40(44)35-41-20-8-12-24-45(41)56)48-27-15-17-29-54(48)64-60(3,4)37-61(5,6)65-55-30-18-16-28-49(55)51-32-39(2)34-53(59(51)63)57-46-25-13-9-21-42(46)36-43-22-10-14-26-47(43)57/h15-18,27-36,62-63H,7-14,19-26,37H2,1-6H3. The van der Waals surface area contributed by atoms with E-state index >= 15 is 0 Å². The molecule has 0 bridgehead atoms. The number of benzene rings is 6. The zero-order valence-corrected chi connectivity index (χ0v) is 39.8. The summed E-state index contributed by atoms with van der Waals surface area (Å²) in [7, 11) is 0. The highest BCUT2D eigenvalue weighted by Gasteiger charge is 2.35. The molecule has 0 saturated heterocycles. The first-order valence-electron chi connectivity index (χ1n) is 24.9. The summed E-state index contributed by atoms with van der Waals surface area (Å²) in [6, 6.07) is 30.0. The van der Waals surface area contributed by atoms with E-state index in [2.05, 4.69) is 90.1 Å². The normalized spacial score (nSPS) is 16.0. The maximum atomic E-state index is 12.4. The minimum absolute atomic E-state index is 0.339. The molecule has 336 valence electrons. The molecule has 0 aliphatic heterocycles. The highest BCUT2D eigenvalue weighted by atomic mass is 16.5. The average molecular weight is 865 g/mol. The van der Waals surface area contributed by atoms with Gasteiger partial charge < -0.3 is 19.7 Å². The number of phenolic OH excluding ortho intramolecular Hbond substituents is 2. The van der Waals surface area contributed by atoms with Crippen LogP contribution in [0.2, 0.25) is 0 Å². The van der Waals surface area contributed by atoms with Crippen LogP contribution in [0.3, 0.4) is 0 Å². The summed E-state index contributed by atoms with van der Waals surface area (Å²) < 4.78 is 14.1. The molecule has 0 aromatic heterocycles. The van der Waals surface area contributed by atoms with Crippen LogP contribution in [0.1, 0.15) is 141 Å². The number of aryl methyl sites for hydroxylation is 6. The first-order chi connectivity index (χ1) is 31.3. The van der Waals surface area contributed by atoms with Gasteiger partial charge in [-0.15, -0.1) is 0 Å². The molecule has 4 aliphatic carbocycles. The fourth-order valence-corrected chi connectivity index (χ4v) is 12.5. The molecule has 0 fully saturated rings. The Morgan fingerprint density at radius 2 is 0.708 bits per heavy atom. The number of hydrogen-bond acceptors (Lipinski definition) is 4. The van der Waals surface area contributed by atoms with Crippen molar-refractivity contribution in [2.75, 3.05) is 0 Å². The van der Waals surface area contributed by atoms with Gasteiger partial charge in [0, 0.05) is 39.8 Å². The lowest BCUT2D eigenvalue weighted by molar-refractivity contribution is 0.00560. The lowest BCUT2D eigenvalue weighted by atomic mass is 9.76.